The summed E-state index contributed by atoms with van der Waals surface area (Å²) in [5.74, 6) is 0.116. The summed E-state index contributed by atoms with van der Waals surface area (Å²) in [7, 11) is 1.57. The average molecular weight is 290 g/mol. The van der Waals surface area contributed by atoms with Crippen molar-refractivity contribution in [2.24, 2.45) is 0 Å². The van der Waals surface area contributed by atoms with Gasteiger partial charge in [-0.25, -0.2) is 0 Å². The van der Waals surface area contributed by atoms with Crippen molar-refractivity contribution in [3.63, 3.8) is 0 Å². The molecular formula is C13H14N4O4. The lowest BCUT2D eigenvalue weighted by atomic mass is 10.2. The summed E-state index contributed by atoms with van der Waals surface area (Å²) >= 11 is 0. The van der Waals surface area contributed by atoms with Crippen LogP contribution < -0.4 is 10.1 Å². The Kier molecular flexibility index (Phi) is 4.17. The summed E-state index contributed by atoms with van der Waals surface area (Å²) in [6, 6.07) is 7.12. The smallest absolute Gasteiger partial charge is 0.322 e. The molecule has 0 saturated heterocycles. The zero-order valence-electron chi connectivity index (χ0n) is 11.5. The Morgan fingerprint density at radius 1 is 1.43 bits per heavy atom. The molecule has 0 unspecified atom stereocenters. The first-order valence-electron chi connectivity index (χ1n) is 6.13. The number of rotatable bonds is 5. The number of methoxy groups -OCH3 is 1. The number of carbonyl (C=O) groups is 1. The number of aryl methyl sites for hydroxylation is 1. The Hall–Kier alpha value is -2.90. The van der Waals surface area contributed by atoms with Gasteiger partial charge in [0.1, 0.15) is 11.4 Å². The van der Waals surface area contributed by atoms with Crippen LogP contribution in [0.4, 0.5) is 5.69 Å². The average Bonchev–Trinajstić information content (AvgIpc) is 2.87. The van der Waals surface area contributed by atoms with Crippen LogP contribution in [-0.4, -0.2) is 28.1 Å². The highest BCUT2D eigenvalue weighted by Crippen LogP contribution is 2.20. The molecule has 0 bridgehead atoms. The Bertz CT molecular complexity index is 663. The summed E-state index contributed by atoms with van der Waals surface area (Å²) in [6.07, 6.45) is 0. The molecule has 1 amide bonds. The van der Waals surface area contributed by atoms with Crippen LogP contribution in [0.15, 0.2) is 24.3 Å². The van der Waals surface area contributed by atoms with Crippen LogP contribution in [0.2, 0.25) is 0 Å². The molecule has 0 aliphatic heterocycles. The van der Waals surface area contributed by atoms with Gasteiger partial charge in [-0.3, -0.25) is 20.0 Å². The van der Waals surface area contributed by atoms with Gasteiger partial charge in [0.25, 0.3) is 5.91 Å². The van der Waals surface area contributed by atoms with Crippen molar-refractivity contribution in [1.82, 2.24) is 15.5 Å². The molecular weight excluding hydrogens is 276 g/mol. The van der Waals surface area contributed by atoms with E-state index in [0.717, 1.165) is 5.56 Å². The zero-order valence-corrected chi connectivity index (χ0v) is 11.5. The molecule has 2 rings (SSSR count). The standard InChI is InChI=1S/C13H14N4O4/c1-8-12(17(19)20)11(16-15-8)13(18)14-7-9-3-5-10(21-2)6-4-9/h3-6H,7H2,1-2H3,(H,14,18)(H,15,16). The largest absolute Gasteiger partial charge is 0.497 e. The molecule has 0 atom stereocenters. The van der Waals surface area contributed by atoms with Crippen molar-refractivity contribution in [1.29, 1.82) is 0 Å². The maximum atomic E-state index is 12.0. The third-order valence-electron chi connectivity index (χ3n) is 2.92. The van der Waals surface area contributed by atoms with Gasteiger partial charge < -0.3 is 10.1 Å². The van der Waals surface area contributed by atoms with E-state index in [0.29, 0.717) is 5.75 Å². The molecule has 1 aromatic carbocycles. The monoisotopic (exact) mass is 290 g/mol. The molecule has 0 spiro atoms. The van der Waals surface area contributed by atoms with Gasteiger partial charge in [-0.15, -0.1) is 0 Å². The summed E-state index contributed by atoms with van der Waals surface area (Å²) in [4.78, 5) is 22.2. The predicted molar refractivity (Wildman–Crippen MR) is 74.1 cm³/mol. The fourth-order valence-electron chi connectivity index (χ4n) is 1.81. The molecule has 2 aromatic rings. The molecule has 0 saturated carbocycles. The fourth-order valence-corrected chi connectivity index (χ4v) is 1.81. The number of nitrogens with zero attached hydrogens (tertiary/aromatic N) is 2. The van der Waals surface area contributed by atoms with Crippen LogP contribution in [0.5, 0.6) is 5.75 Å². The van der Waals surface area contributed by atoms with Crippen molar-refractivity contribution in [2.45, 2.75) is 13.5 Å². The van der Waals surface area contributed by atoms with Gasteiger partial charge in [0, 0.05) is 6.54 Å². The highest BCUT2D eigenvalue weighted by molar-refractivity contribution is 5.96. The minimum Gasteiger partial charge on any atom is -0.497 e. The van der Waals surface area contributed by atoms with E-state index in [2.05, 4.69) is 15.5 Å². The highest BCUT2D eigenvalue weighted by Gasteiger charge is 2.26. The van der Waals surface area contributed by atoms with Gasteiger partial charge in [0.2, 0.25) is 5.69 Å². The number of hydrogen-bond donors (Lipinski definition) is 2. The summed E-state index contributed by atoms with van der Waals surface area (Å²) in [5, 5.41) is 19.6. The van der Waals surface area contributed by atoms with Crippen LogP contribution in [0.1, 0.15) is 21.7 Å². The summed E-state index contributed by atoms with van der Waals surface area (Å²) in [5.41, 5.74) is 0.571. The van der Waals surface area contributed by atoms with E-state index in [1.807, 2.05) is 0 Å². The van der Waals surface area contributed by atoms with E-state index >= 15 is 0 Å². The van der Waals surface area contributed by atoms with Crippen molar-refractivity contribution in [3.05, 3.63) is 51.3 Å². The van der Waals surface area contributed by atoms with Crippen LogP contribution in [-0.2, 0) is 6.54 Å². The topological polar surface area (TPSA) is 110 Å². The van der Waals surface area contributed by atoms with E-state index < -0.39 is 10.8 Å². The van der Waals surface area contributed by atoms with Gasteiger partial charge in [-0.1, -0.05) is 12.1 Å². The lowest BCUT2D eigenvalue weighted by Crippen LogP contribution is -2.24. The Balaban J connectivity index is 2.06. The SMILES string of the molecule is COc1ccc(CNC(=O)c2n[nH]c(C)c2[N+](=O)[O-])cc1. The molecule has 1 aromatic heterocycles. The van der Waals surface area contributed by atoms with Gasteiger partial charge in [-0.05, 0) is 24.6 Å². The van der Waals surface area contributed by atoms with E-state index in [1.54, 1.807) is 31.4 Å². The lowest BCUT2D eigenvalue weighted by Gasteiger charge is -2.04. The second kappa shape index (κ2) is 6.04. The number of aromatic amines is 1. The lowest BCUT2D eigenvalue weighted by molar-refractivity contribution is -0.385. The summed E-state index contributed by atoms with van der Waals surface area (Å²) in [6.45, 7) is 1.73. The number of nitrogens with one attached hydrogen (secondary N) is 2. The van der Waals surface area contributed by atoms with Gasteiger partial charge in [0.05, 0.1) is 12.0 Å². The molecule has 1 heterocycles. The van der Waals surface area contributed by atoms with E-state index in [4.69, 9.17) is 4.74 Å². The van der Waals surface area contributed by atoms with Crippen molar-refractivity contribution >= 4 is 11.6 Å². The third kappa shape index (κ3) is 3.16. The maximum Gasteiger partial charge on any atom is 0.322 e. The Morgan fingerprint density at radius 3 is 2.67 bits per heavy atom. The minimum absolute atomic E-state index is 0.217. The zero-order chi connectivity index (χ0) is 15.4. The molecule has 8 heteroatoms. The fraction of sp³-hybridized carbons (Fsp3) is 0.231. The molecule has 0 fully saturated rings. The number of ether oxygens (including phenoxy) is 1. The first-order chi connectivity index (χ1) is 10.0. The molecule has 8 nitrogen and oxygen atoms in total. The quantitative estimate of drug-likeness (QED) is 0.641. The number of carbonyl (C=O) groups excluding carboxylic acids is 1. The van der Waals surface area contributed by atoms with Gasteiger partial charge in [-0.2, -0.15) is 5.10 Å². The van der Waals surface area contributed by atoms with Crippen molar-refractivity contribution < 1.29 is 14.5 Å². The Morgan fingerprint density at radius 2 is 2.10 bits per heavy atom. The summed E-state index contributed by atoms with van der Waals surface area (Å²) < 4.78 is 5.03. The third-order valence-corrected chi connectivity index (χ3v) is 2.92. The second-order valence-corrected chi connectivity index (χ2v) is 4.33. The van der Waals surface area contributed by atoms with Crippen molar-refractivity contribution in [2.75, 3.05) is 7.11 Å². The number of aromatic nitrogens is 2. The normalized spacial score (nSPS) is 10.2. The molecule has 2 N–H and O–H groups in total. The predicted octanol–water partition coefficient (Wildman–Crippen LogP) is 1.56. The van der Waals surface area contributed by atoms with Crippen LogP contribution >= 0.6 is 0 Å². The molecule has 0 aliphatic carbocycles. The van der Waals surface area contributed by atoms with Crippen LogP contribution in [0, 0.1) is 17.0 Å². The van der Waals surface area contributed by atoms with Crippen LogP contribution in [0.3, 0.4) is 0 Å². The molecule has 0 radical (unpaired) electrons. The molecule has 21 heavy (non-hydrogen) atoms. The first-order valence-corrected chi connectivity index (χ1v) is 6.13. The second-order valence-electron chi connectivity index (χ2n) is 4.33. The number of nitro groups is 1. The number of H-pyrrole nitrogens is 1. The number of amides is 1. The van der Waals surface area contributed by atoms with Crippen LogP contribution in [0.25, 0.3) is 0 Å². The number of hydrogen-bond acceptors (Lipinski definition) is 5. The van der Waals surface area contributed by atoms with E-state index in [9.17, 15) is 14.9 Å². The number of benzene rings is 1. The van der Waals surface area contributed by atoms with Crippen molar-refractivity contribution in [3.8, 4) is 5.75 Å². The van der Waals surface area contributed by atoms with Gasteiger partial charge >= 0.3 is 5.69 Å². The molecule has 110 valence electrons. The van der Waals surface area contributed by atoms with Gasteiger partial charge in [0.15, 0.2) is 0 Å². The van der Waals surface area contributed by atoms with E-state index in [-0.39, 0.29) is 23.6 Å². The first kappa shape index (κ1) is 14.5. The van der Waals surface area contributed by atoms with E-state index in [1.165, 1.54) is 6.92 Å². The minimum atomic E-state index is -0.624. The molecule has 0 aliphatic rings. The Labute approximate surface area is 120 Å². The highest BCUT2D eigenvalue weighted by atomic mass is 16.6. The maximum absolute atomic E-state index is 12.0.